The summed E-state index contributed by atoms with van der Waals surface area (Å²) in [4.78, 5) is 30.0. The van der Waals surface area contributed by atoms with Gasteiger partial charge in [-0.05, 0) is 60.5 Å². The zero-order valence-electron chi connectivity index (χ0n) is 20.5. The van der Waals surface area contributed by atoms with Crippen LogP contribution in [0.4, 0.5) is 21.5 Å². The number of halogens is 2. The lowest BCUT2D eigenvalue weighted by molar-refractivity contribution is -0.116. The Morgan fingerprint density at radius 3 is 2.54 bits per heavy atom. The highest BCUT2D eigenvalue weighted by Crippen LogP contribution is 2.30. The molecule has 2 aliphatic heterocycles. The summed E-state index contributed by atoms with van der Waals surface area (Å²) in [5.41, 5.74) is 5.24. The van der Waals surface area contributed by atoms with Crippen molar-refractivity contribution in [3.63, 3.8) is 0 Å². The van der Waals surface area contributed by atoms with Gasteiger partial charge in [-0.15, -0.1) is 0 Å². The molecule has 6 nitrogen and oxygen atoms in total. The zero-order chi connectivity index (χ0) is 25.9. The lowest BCUT2D eigenvalue weighted by Crippen LogP contribution is -2.49. The maximum absolute atomic E-state index is 13.2. The Morgan fingerprint density at radius 2 is 1.78 bits per heavy atom. The fourth-order valence-corrected chi connectivity index (χ4v) is 5.81. The number of anilines is 3. The first-order valence-corrected chi connectivity index (χ1v) is 13.7. The van der Waals surface area contributed by atoms with Gasteiger partial charge < -0.3 is 20.4 Å². The summed E-state index contributed by atoms with van der Waals surface area (Å²) in [7, 11) is 0. The summed E-state index contributed by atoms with van der Waals surface area (Å²) >= 11 is 7.79. The fourth-order valence-electron chi connectivity index (χ4n) is 4.63. The average molecular weight is 539 g/mol. The van der Waals surface area contributed by atoms with Crippen LogP contribution in [0, 0.1) is 12.7 Å². The molecule has 0 aromatic heterocycles. The molecular formula is C28H28ClFN4O2S. The van der Waals surface area contributed by atoms with Crippen molar-refractivity contribution in [1.82, 2.24) is 4.90 Å². The maximum atomic E-state index is 13.2. The minimum Gasteiger partial charge on any atom is -0.371 e. The molecule has 9 heteroatoms. The molecule has 0 radical (unpaired) electrons. The van der Waals surface area contributed by atoms with E-state index >= 15 is 0 Å². The van der Waals surface area contributed by atoms with Gasteiger partial charge in [0.2, 0.25) is 5.91 Å². The molecule has 0 bridgehead atoms. The first-order chi connectivity index (χ1) is 17.9. The highest BCUT2D eigenvalue weighted by Gasteiger charge is 2.28. The molecule has 192 valence electrons. The summed E-state index contributed by atoms with van der Waals surface area (Å²) in [5.74, 6) is 0.827. The summed E-state index contributed by atoms with van der Waals surface area (Å²) < 4.78 is 13.1. The number of rotatable bonds is 6. The predicted molar refractivity (Wildman–Crippen MR) is 149 cm³/mol. The van der Waals surface area contributed by atoms with Crippen molar-refractivity contribution in [3.8, 4) is 0 Å². The molecular weight excluding hydrogens is 511 g/mol. The molecule has 3 aromatic rings. The van der Waals surface area contributed by atoms with Gasteiger partial charge in [-0.3, -0.25) is 9.59 Å². The van der Waals surface area contributed by atoms with E-state index < -0.39 is 0 Å². The van der Waals surface area contributed by atoms with Gasteiger partial charge in [0, 0.05) is 54.0 Å². The number of hydrogen-bond acceptors (Lipinski definition) is 5. The van der Waals surface area contributed by atoms with Crippen molar-refractivity contribution in [1.29, 1.82) is 0 Å². The van der Waals surface area contributed by atoms with Crippen LogP contribution in [-0.2, 0) is 10.5 Å². The number of nitrogens with one attached hydrogen (secondary N) is 2. The topological polar surface area (TPSA) is 64.7 Å². The SMILES string of the molecule is Cc1ccc(Cl)cc1N1CCN(C(=O)c2ccc3c(c2)NC(=O)[C@H](CSCc2ccc(F)cc2)N3)CC1. The minimum absolute atomic E-state index is 0.0449. The van der Waals surface area contributed by atoms with Crippen LogP contribution in [0.2, 0.25) is 5.02 Å². The number of thioether (sulfide) groups is 1. The number of aryl methyl sites for hydroxylation is 1. The predicted octanol–water partition coefficient (Wildman–Crippen LogP) is 5.42. The van der Waals surface area contributed by atoms with Crippen LogP contribution in [-0.4, -0.2) is 54.7 Å². The summed E-state index contributed by atoms with van der Waals surface area (Å²) in [5, 5.41) is 6.94. The number of carbonyl (C=O) groups excluding carboxylic acids is 2. The van der Waals surface area contributed by atoms with Gasteiger partial charge in [0.15, 0.2) is 0 Å². The third kappa shape index (κ3) is 5.86. The normalized spacial score (nSPS) is 17.2. The van der Waals surface area contributed by atoms with Crippen LogP contribution < -0.4 is 15.5 Å². The zero-order valence-corrected chi connectivity index (χ0v) is 22.0. The molecule has 2 amide bonds. The molecule has 2 aliphatic rings. The van der Waals surface area contributed by atoms with Gasteiger partial charge in [0.1, 0.15) is 11.9 Å². The minimum atomic E-state index is -0.387. The lowest BCUT2D eigenvalue weighted by Gasteiger charge is -2.37. The molecule has 0 unspecified atom stereocenters. The second-order valence-corrected chi connectivity index (χ2v) is 10.8. The van der Waals surface area contributed by atoms with Crippen LogP contribution in [0.1, 0.15) is 21.5 Å². The van der Waals surface area contributed by atoms with Gasteiger partial charge in [-0.1, -0.05) is 29.8 Å². The second kappa shape index (κ2) is 11.0. The van der Waals surface area contributed by atoms with E-state index in [1.165, 1.54) is 12.1 Å². The number of hydrogen-bond donors (Lipinski definition) is 2. The Kier molecular flexibility index (Phi) is 7.58. The molecule has 0 aliphatic carbocycles. The van der Waals surface area contributed by atoms with E-state index in [4.69, 9.17) is 11.6 Å². The van der Waals surface area contributed by atoms with Crippen molar-refractivity contribution in [3.05, 3.63) is 88.2 Å². The molecule has 0 saturated carbocycles. The molecule has 5 rings (SSSR count). The van der Waals surface area contributed by atoms with Crippen molar-refractivity contribution in [2.24, 2.45) is 0 Å². The van der Waals surface area contributed by atoms with Gasteiger partial charge in [0.25, 0.3) is 5.91 Å². The average Bonchev–Trinajstić information content (AvgIpc) is 2.91. The van der Waals surface area contributed by atoms with E-state index in [-0.39, 0.29) is 23.7 Å². The van der Waals surface area contributed by atoms with E-state index in [1.807, 2.05) is 35.2 Å². The molecule has 3 aromatic carbocycles. The number of nitrogens with zero attached hydrogens (tertiary/aromatic N) is 2. The Hall–Kier alpha value is -3.23. The highest BCUT2D eigenvalue weighted by molar-refractivity contribution is 7.98. The van der Waals surface area contributed by atoms with Crippen LogP contribution in [0.3, 0.4) is 0 Å². The van der Waals surface area contributed by atoms with Gasteiger partial charge in [-0.2, -0.15) is 11.8 Å². The third-order valence-electron chi connectivity index (χ3n) is 6.72. The summed E-state index contributed by atoms with van der Waals surface area (Å²) in [6.07, 6.45) is 0. The van der Waals surface area contributed by atoms with E-state index in [2.05, 4.69) is 22.5 Å². The van der Waals surface area contributed by atoms with Gasteiger partial charge >= 0.3 is 0 Å². The molecule has 0 spiro atoms. The van der Waals surface area contributed by atoms with Gasteiger partial charge in [-0.25, -0.2) is 4.39 Å². The smallest absolute Gasteiger partial charge is 0.254 e. The van der Waals surface area contributed by atoms with Crippen LogP contribution >= 0.6 is 23.4 Å². The van der Waals surface area contributed by atoms with Gasteiger partial charge in [0.05, 0.1) is 11.4 Å². The Bertz CT molecular complexity index is 1310. The summed E-state index contributed by atoms with van der Waals surface area (Å²) in [6, 6.07) is 17.3. The molecule has 2 N–H and O–H groups in total. The van der Waals surface area contributed by atoms with E-state index in [0.29, 0.717) is 40.9 Å². The molecule has 2 heterocycles. The van der Waals surface area contributed by atoms with Crippen LogP contribution in [0.15, 0.2) is 60.7 Å². The first kappa shape index (κ1) is 25.4. The molecule has 1 saturated heterocycles. The van der Waals surface area contributed by atoms with Crippen molar-refractivity contribution >= 4 is 52.2 Å². The van der Waals surface area contributed by atoms with Crippen molar-refractivity contribution < 1.29 is 14.0 Å². The molecule has 37 heavy (non-hydrogen) atoms. The lowest BCUT2D eigenvalue weighted by atomic mass is 10.1. The fraction of sp³-hybridized carbons (Fsp3) is 0.286. The monoisotopic (exact) mass is 538 g/mol. The number of benzene rings is 3. The standard InChI is InChI=1S/C28H28ClFN4O2S/c1-18-2-6-21(29)15-26(18)33-10-12-34(13-11-33)28(36)20-5-9-23-24(14-20)32-27(35)25(31-23)17-37-16-19-3-7-22(30)8-4-19/h2-9,14-15,25,31H,10-13,16-17H2,1H3,(H,32,35)/t25-/m0/s1. The quantitative estimate of drug-likeness (QED) is 0.439. The second-order valence-electron chi connectivity index (χ2n) is 9.30. The van der Waals surface area contributed by atoms with E-state index in [0.717, 1.165) is 35.6 Å². The largest absolute Gasteiger partial charge is 0.371 e. The molecule has 1 fully saturated rings. The molecule has 1 atom stereocenters. The van der Waals surface area contributed by atoms with Crippen molar-refractivity contribution in [2.45, 2.75) is 18.7 Å². The third-order valence-corrected chi connectivity index (χ3v) is 8.06. The van der Waals surface area contributed by atoms with Crippen LogP contribution in [0.5, 0.6) is 0 Å². The van der Waals surface area contributed by atoms with Crippen LogP contribution in [0.25, 0.3) is 0 Å². The Labute approximate surface area is 225 Å². The van der Waals surface area contributed by atoms with Crippen molar-refractivity contribution in [2.75, 3.05) is 47.5 Å². The highest BCUT2D eigenvalue weighted by atomic mass is 35.5. The maximum Gasteiger partial charge on any atom is 0.254 e. The number of carbonyl (C=O) groups is 2. The number of amides is 2. The summed E-state index contributed by atoms with van der Waals surface area (Å²) in [6.45, 7) is 4.74. The number of piperazine rings is 1. The Morgan fingerprint density at radius 1 is 1.03 bits per heavy atom. The number of fused-ring (bicyclic) bond motifs is 1. The van der Waals surface area contributed by atoms with E-state index in [1.54, 1.807) is 30.0 Å². The first-order valence-electron chi connectivity index (χ1n) is 12.2. The van der Waals surface area contributed by atoms with E-state index in [9.17, 15) is 14.0 Å². The Balaban J connectivity index is 1.17.